The van der Waals surface area contributed by atoms with Crippen LogP contribution in [0.25, 0.3) is 0 Å². The zero-order valence-corrected chi connectivity index (χ0v) is 12.5. The standard InChI is InChI=1S/C13H19NO5S/c1-4-10-5-6-11(13(15)16)7-12(10)20(17,18)14-19-8-9(2)3/h5-7,9,14H,4,8H2,1-3H3,(H,15,16). The van der Waals surface area contributed by atoms with E-state index in [0.717, 1.165) is 6.07 Å². The third kappa shape index (κ3) is 4.29. The summed E-state index contributed by atoms with van der Waals surface area (Å²) >= 11 is 0. The van der Waals surface area contributed by atoms with Gasteiger partial charge in [-0.25, -0.2) is 13.2 Å². The van der Waals surface area contributed by atoms with Crippen molar-refractivity contribution >= 4 is 16.0 Å². The van der Waals surface area contributed by atoms with Crippen LogP contribution in [-0.2, 0) is 21.3 Å². The van der Waals surface area contributed by atoms with Crippen molar-refractivity contribution in [1.82, 2.24) is 4.89 Å². The van der Waals surface area contributed by atoms with Crippen molar-refractivity contribution in [2.24, 2.45) is 5.92 Å². The topological polar surface area (TPSA) is 92.7 Å². The van der Waals surface area contributed by atoms with Gasteiger partial charge in [-0.3, -0.25) is 4.84 Å². The molecule has 1 aromatic rings. The fourth-order valence-electron chi connectivity index (χ4n) is 1.55. The highest BCUT2D eigenvalue weighted by Gasteiger charge is 2.20. The molecule has 0 spiro atoms. The minimum absolute atomic E-state index is 0.0661. The van der Waals surface area contributed by atoms with E-state index >= 15 is 0 Å². The predicted octanol–water partition coefficient (Wildman–Crippen LogP) is 1.81. The molecule has 0 aliphatic rings. The molecule has 0 atom stereocenters. The molecule has 0 amide bonds. The maximum atomic E-state index is 12.1. The van der Waals surface area contributed by atoms with Crippen LogP contribution in [0, 0.1) is 5.92 Å². The lowest BCUT2D eigenvalue weighted by Crippen LogP contribution is -2.27. The van der Waals surface area contributed by atoms with Crippen LogP contribution in [0.1, 0.15) is 36.7 Å². The van der Waals surface area contributed by atoms with Gasteiger partial charge in [0, 0.05) is 0 Å². The van der Waals surface area contributed by atoms with Crippen LogP contribution in [0.4, 0.5) is 0 Å². The number of carboxylic acid groups (broad SMARTS) is 1. The van der Waals surface area contributed by atoms with Gasteiger partial charge in [-0.15, -0.1) is 0 Å². The van der Waals surface area contributed by atoms with Crippen molar-refractivity contribution in [3.8, 4) is 0 Å². The van der Waals surface area contributed by atoms with Crippen LogP contribution in [0.3, 0.4) is 0 Å². The molecule has 112 valence electrons. The van der Waals surface area contributed by atoms with Crippen molar-refractivity contribution in [1.29, 1.82) is 0 Å². The Kier molecular flexibility index (Phi) is 5.67. The maximum absolute atomic E-state index is 12.1. The minimum Gasteiger partial charge on any atom is -0.478 e. The second kappa shape index (κ2) is 6.83. The van der Waals surface area contributed by atoms with Gasteiger partial charge in [-0.05, 0) is 30.0 Å². The molecule has 0 aliphatic heterocycles. The second-order valence-electron chi connectivity index (χ2n) is 4.77. The summed E-state index contributed by atoms with van der Waals surface area (Å²) in [6.45, 7) is 5.80. The first-order chi connectivity index (χ1) is 9.27. The van der Waals surface area contributed by atoms with Crippen LogP contribution in [0.5, 0.6) is 0 Å². The van der Waals surface area contributed by atoms with E-state index in [4.69, 9.17) is 9.94 Å². The molecule has 0 saturated carbocycles. The smallest absolute Gasteiger partial charge is 0.335 e. The van der Waals surface area contributed by atoms with E-state index in [2.05, 4.69) is 0 Å². The normalized spacial score (nSPS) is 11.8. The van der Waals surface area contributed by atoms with Gasteiger partial charge in [0.15, 0.2) is 0 Å². The van der Waals surface area contributed by atoms with Crippen LogP contribution in [0.2, 0.25) is 0 Å². The summed E-state index contributed by atoms with van der Waals surface area (Å²) in [7, 11) is -3.89. The van der Waals surface area contributed by atoms with E-state index in [1.165, 1.54) is 12.1 Å². The Labute approximate surface area is 118 Å². The number of nitrogens with one attached hydrogen (secondary N) is 1. The predicted molar refractivity (Wildman–Crippen MR) is 73.9 cm³/mol. The van der Waals surface area contributed by atoms with Gasteiger partial charge in [0.05, 0.1) is 17.1 Å². The Morgan fingerprint density at radius 3 is 2.55 bits per heavy atom. The number of rotatable bonds is 7. The molecule has 1 aromatic carbocycles. The summed E-state index contributed by atoms with van der Waals surface area (Å²) in [6.07, 6.45) is 0.473. The fraction of sp³-hybridized carbons (Fsp3) is 0.462. The first-order valence-electron chi connectivity index (χ1n) is 6.27. The van der Waals surface area contributed by atoms with Gasteiger partial charge < -0.3 is 5.11 Å². The molecule has 2 N–H and O–H groups in total. The maximum Gasteiger partial charge on any atom is 0.335 e. The Bertz CT molecular complexity index is 580. The van der Waals surface area contributed by atoms with Crippen LogP contribution in [0.15, 0.2) is 23.1 Å². The average Bonchev–Trinajstić information content (AvgIpc) is 2.37. The monoisotopic (exact) mass is 301 g/mol. The summed E-state index contributed by atoms with van der Waals surface area (Å²) in [5.74, 6) is -0.999. The lowest BCUT2D eigenvalue weighted by molar-refractivity contribution is 0.0695. The third-order valence-corrected chi connectivity index (χ3v) is 3.87. The number of hydrogen-bond acceptors (Lipinski definition) is 4. The first-order valence-corrected chi connectivity index (χ1v) is 7.76. The van der Waals surface area contributed by atoms with Crippen molar-refractivity contribution < 1.29 is 23.2 Å². The van der Waals surface area contributed by atoms with Gasteiger partial charge >= 0.3 is 5.97 Å². The highest BCUT2D eigenvalue weighted by Crippen LogP contribution is 2.18. The molecular formula is C13H19NO5S. The van der Waals surface area contributed by atoms with Crippen molar-refractivity contribution in [3.63, 3.8) is 0 Å². The van der Waals surface area contributed by atoms with Gasteiger partial charge in [0.1, 0.15) is 0 Å². The largest absolute Gasteiger partial charge is 0.478 e. The Morgan fingerprint density at radius 2 is 2.05 bits per heavy atom. The van der Waals surface area contributed by atoms with Crippen molar-refractivity contribution in [2.75, 3.05) is 6.61 Å². The molecular weight excluding hydrogens is 282 g/mol. The average molecular weight is 301 g/mol. The van der Waals surface area contributed by atoms with E-state index < -0.39 is 16.0 Å². The summed E-state index contributed by atoms with van der Waals surface area (Å²) in [6, 6.07) is 4.03. The van der Waals surface area contributed by atoms with Crippen LogP contribution >= 0.6 is 0 Å². The Morgan fingerprint density at radius 1 is 1.40 bits per heavy atom. The summed E-state index contributed by atoms with van der Waals surface area (Å²) in [5.41, 5.74) is 0.460. The summed E-state index contributed by atoms with van der Waals surface area (Å²) in [4.78, 5) is 17.8. The molecule has 0 aromatic heterocycles. The fourth-order valence-corrected chi connectivity index (χ4v) is 2.71. The lowest BCUT2D eigenvalue weighted by Gasteiger charge is -2.12. The number of hydrogen-bond donors (Lipinski definition) is 2. The van der Waals surface area contributed by atoms with E-state index in [1.54, 1.807) is 6.92 Å². The molecule has 0 aliphatic carbocycles. The van der Waals surface area contributed by atoms with E-state index in [-0.39, 0.29) is 23.0 Å². The molecule has 0 saturated heterocycles. The molecule has 0 unspecified atom stereocenters. The van der Waals surface area contributed by atoms with E-state index in [1.807, 2.05) is 18.7 Å². The van der Waals surface area contributed by atoms with E-state index in [9.17, 15) is 13.2 Å². The van der Waals surface area contributed by atoms with Gasteiger partial charge in [0.2, 0.25) is 0 Å². The van der Waals surface area contributed by atoms with Crippen LogP contribution < -0.4 is 4.89 Å². The van der Waals surface area contributed by atoms with Crippen LogP contribution in [-0.4, -0.2) is 26.1 Å². The molecule has 6 nitrogen and oxygen atoms in total. The second-order valence-corrected chi connectivity index (χ2v) is 6.39. The Balaban J connectivity index is 3.08. The number of carboxylic acids is 1. The quantitative estimate of drug-likeness (QED) is 0.749. The van der Waals surface area contributed by atoms with Gasteiger partial charge in [0.25, 0.3) is 10.0 Å². The molecule has 0 bridgehead atoms. The highest BCUT2D eigenvalue weighted by atomic mass is 32.2. The number of benzene rings is 1. The number of sulfonamides is 1. The molecule has 1 rings (SSSR count). The number of aryl methyl sites for hydroxylation is 1. The molecule has 0 fully saturated rings. The van der Waals surface area contributed by atoms with Gasteiger partial charge in [-0.1, -0.05) is 31.7 Å². The Hall–Kier alpha value is -1.44. The molecule has 7 heteroatoms. The SMILES string of the molecule is CCc1ccc(C(=O)O)cc1S(=O)(=O)NOCC(C)C. The van der Waals surface area contributed by atoms with Crippen molar-refractivity contribution in [2.45, 2.75) is 32.1 Å². The van der Waals surface area contributed by atoms with Gasteiger partial charge in [-0.2, -0.15) is 0 Å². The molecule has 0 heterocycles. The highest BCUT2D eigenvalue weighted by molar-refractivity contribution is 7.89. The summed E-state index contributed by atoms with van der Waals surface area (Å²) in [5, 5.41) is 8.94. The lowest BCUT2D eigenvalue weighted by atomic mass is 10.1. The zero-order chi connectivity index (χ0) is 15.3. The molecule has 0 radical (unpaired) electrons. The summed E-state index contributed by atoms with van der Waals surface area (Å²) < 4.78 is 24.3. The third-order valence-electron chi connectivity index (χ3n) is 2.57. The first kappa shape index (κ1) is 16.6. The number of aromatic carboxylic acids is 1. The zero-order valence-electron chi connectivity index (χ0n) is 11.7. The van der Waals surface area contributed by atoms with E-state index in [0.29, 0.717) is 12.0 Å². The van der Waals surface area contributed by atoms with Crippen molar-refractivity contribution in [3.05, 3.63) is 29.3 Å². The minimum atomic E-state index is -3.89. The number of carbonyl (C=O) groups is 1. The molecule has 20 heavy (non-hydrogen) atoms.